The van der Waals surface area contributed by atoms with Gasteiger partial charge in [0.05, 0.1) is 5.56 Å². The number of aromatic hydroxyl groups is 5. The molecule has 33 heteroatoms. The highest BCUT2D eigenvalue weighted by Gasteiger charge is 2.86. The minimum Gasteiger partial charge on any atom is -0.507 e. The second-order valence-electron chi connectivity index (χ2n) is 14.8. The van der Waals surface area contributed by atoms with Gasteiger partial charge in [-0.25, -0.2) is 14.1 Å². The van der Waals surface area contributed by atoms with Crippen LogP contribution in [0.2, 0.25) is 0 Å². The Morgan fingerprint density at radius 1 is 0.609 bits per heavy atom. The van der Waals surface area contributed by atoms with Crippen molar-refractivity contribution in [3.8, 4) is 28.7 Å². The maximum absolute atomic E-state index is 15.0. The van der Waals surface area contributed by atoms with Crippen LogP contribution in [0.5, 0.6) is 28.7 Å². The van der Waals surface area contributed by atoms with Crippen molar-refractivity contribution in [2.45, 2.75) is 99.0 Å². The molecule has 20 N–H and O–H groups in total. The van der Waals surface area contributed by atoms with Gasteiger partial charge in [0.2, 0.25) is 11.7 Å². The number of benzene rings is 2. The van der Waals surface area contributed by atoms with Gasteiger partial charge in [-0.15, -0.1) is 0 Å². The summed E-state index contributed by atoms with van der Waals surface area (Å²) in [4.78, 5) is 21.4. The first-order valence-corrected chi connectivity index (χ1v) is 16.8. The summed E-state index contributed by atoms with van der Waals surface area (Å²) in [6, 6.07) is -11.6. The van der Waals surface area contributed by atoms with Gasteiger partial charge in [-0.3, -0.25) is 14.6 Å². The van der Waals surface area contributed by atoms with E-state index in [1.807, 2.05) is 0 Å². The van der Waals surface area contributed by atoms with E-state index < -0.39 is 171 Å². The molecule has 2 heterocycles. The number of likely N-dealkylation sites (tertiary alicyclic amines) is 1. The smallest absolute Gasteiger partial charge is 0.423 e. The molecule has 2 aliphatic rings. The monoisotopic (exact) mass is 950 g/mol. The van der Waals surface area contributed by atoms with E-state index in [0.29, 0.717) is 13.8 Å². The van der Waals surface area contributed by atoms with Crippen molar-refractivity contribution in [3.05, 3.63) is 39.2 Å². The molecule has 362 valence electrons. The minimum absolute atomic E-state index is 0.0432. The number of aliphatic hydroxyl groups is 15. The van der Waals surface area contributed by atoms with Gasteiger partial charge in [0, 0.05) is 19.5 Å². The van der Waals surface area contributed by atoms with E-state index in [9.17, 15) is 138 Å². The summed E-state index contributed by atoms with van der Waals surface area (Å²) in [7, 11) is -0.0432. The van der Waals surface area contributed by atoms with Crippen molar-refractivity contribution in [1.82, 2.24) is 19.6 Å². The Kier molecular flexibility index (Phi) is 11.5. The number of carbonyl (C=O) groups is 2. The summed E-state index contributed by atoms with van der Waals surface area (Å²) in [5.74, 6) is -54.7. The number of hydrogen-bond acceptors (Lipinski definition) is 23. The number of amides is 3. The average molecular weight is 951 g/mol. The zero-order valence-corrected chi connectivity index (χ0v) is 32.4. The van der Waals surface area contributed by atoms with E-state index >= 15 is 4.39 Å². The molecule has 2 saturated heterocycles. The van der Waals surface area contributed by atoms with E-state index in [1.54, 1.807) is 0 Å². The summed E-state index contributed by atoms with van der Waals surface area (Å²) in [5, 5.41) is 220. The third kappa shape index (κ3) is 6.50. The molecule has 26 nitrogen and oxygen atoms in total. The van der Waals surface area contributed by atoms with Crippen LogP contribution in [0.4, 0.5) is 35.5 Å². The molecule has 3 amide bonds. The number of phenols is 5. The molecule has 0 saturated carbocycles. The SMILES string of the molecule is CC(=O)N1C(O)(O)C(O)(O)N(C2C(O)(O)C(c3c(C)c(C)c(F)c(O)c3O)N(C(=O)N(C)C(C)(O)c3c(O)c(C(F)(F)F)c(O)c(C(F)(F)F)c3O)C(O)(O)C2(O)O)C(O)(O)C1(O)O. The minimum atomic E-state index is -6.26. The van der Waals surface area contributed by atoms with Gasteiger partial charge in [-0.05, 0) is 31.9 Å². The fourth-order valence-corrected chi connectivity index (χ4v) is 7.49. The lowest BCUT2D eigenvalue weighted by molar-refractivity contribution is -0.623. The third-order valence-corrected chi connectivity index (χ3v) is 10.9. The molecule has 0 aliphatic carbocycles. The molecule has 4 rings (SSSR count). The molecule has 2 aromatic rings. The predicted octanol–water partition coefficient (Wildman–Crippen LogP) is -5.63. The maximum Gasteiger partial charge on any atom is 0.423 e. The van der Waals surface area contributed by atoms with Gasteiger partial charge in [0.15, 0.2) is 23.0 Å². The second-order valence-corrected chi connectivity index (χ2v) is 14.8. The van der Waals surface area contributed by atoms with E-state index in [1.165, 1.54) is 0 Å². The molecule has 2 aliphatic heterocycles. The summed E-state index contributed by atoms with van der Waals surface area (Å²) in [6.07, 6.45) is -12.5. The largest absolute Gasteiger partial charge is 0.507 e. The summed E-state index contributed by atoms with van der Waals surface area (Å²) >= 11 is 0. The first-order chi connectivity index (χ1) is 28.1. The molecule has 3 atom stereocenters. The highest BCUT2D eigenvalue weighted by molar-refractivity contribution is 5.79. The van der Waals surface area contributed by atoms with Crippen LogP contribution in [-0.2, 0) is 22.9 Å². The highest BCUT2D eigenvalue weighted by atomic mass is 19.4. The Labute approximate surface area is 348 Å². The first kappa shape index (κ1) is 51.7. The lowest BCUT2D eigenvalue weighted by atomic mass is 9.75. The topological polar surface area (TPSA) is 452 Å². The zero-order chi connectivity index (χ0) is 50.5. The molecule has 64 heavy (non-hydrogen) atoms. The van der Waals surface area contributed by atoms with Crippen LogP contribution in [0.25, 0.3) is 0 Å². The van der Waals surface area contributed by atoms with Crippen LogP contribution >= 0.6 is 0 Å². The Morgan fingerprint density at radius 3 is 1.34 bits per heavy atom. The predicted molar refractivity (Wildman–Crippen MR) is 176 cm³/mol. The lowest BCUT2D eigenvalue weighted by Gasteiger charge is -2.67. The molecule has 0 bridgehead atoms. The normalized spacial score (nSPS) is 24.5. The zero-order valence-electron chi connectivity index (χ0n) is 32.4. The highest BCUT2D eigenvalue weighted by Crippen LogP contribution is 2.60. The van der Waals surface area contributed by atoms with Crippen LogP contribution in [0.15, 0.2) is 0 Å². The van der Waals surface area contributed by atoms with Gasteiger partial charge in [-0.2, -0.15) is 31.2 Å². The van der Waals surface area contributed by atoms with Gasteiger partial charge < -0.3 is 102 Å². The number of carbonyl (C=O) groups excluding carboxylic acids is 2. The molecular weight excluding hydrogens is 913 g/mol. The fraction of sp³-hybridized carbons (Fsp3) is 0.548. The number of urea groups is 1. The maximum atomic E-state index is 15.0. The van der Waals surface area contributed by atoms with Gasteiger partial charge in [0.1, 0.15) is 40.5 Å². The summed E-state index contributed by atoms with van der Waals surface area (Å²) < 4.78 is 99.2. The number of halogens is 7. The van der Waals surface area contributed by atoms with Crippen molar-refractivity contribution in [1.29, 1.82) is 0 Å². The van der Waals surface area contributed by atoms with Crippen LogP contribution in [0.3, 0.4) is 0 Å². The third-order valence-electron chi connectivity index (χ3n) is 10.9. The number of piperidine rings is 1. The molecule has 3 unspecified atom stereocenters. The fourth-order valence-electron chi connectivity index (χ4n) is 7.49. The van der Waals surface area contributed by atoms with E-state index in [-0.39, 0.29) is 20.9 Å². The Morgan fingerprint density at radius 2 is 0.984 bits per heavy atom. The Balaban J connectivity index is 2.22. The molecule has 2 aromatic carbocycles. The van der Waals surface area contributed by atoms with Crippen molar-refractivity contribution in [3.63, 3.8) is 0 Å². The first-order valence-electron chi connectivity index (χ1n) is 16.8. The van der Waals surface area contributed by atoms with E-state index in [4.69, 9.17) is 0 Å². The van der Waals surface area contributed by atoms with E-state index in [0.717, 1.165) is 0 Å². The Hall–Kier alpha value is -4.95. The second kappa shape index (κ2) is 14.3. The van der Waals surface area contributed by atoms with Crippen molar-refractivity contribution in [2.24, 2.45) is 0 Å². The molecule has 0 radical (unpaired) electrons. The standard InChI is InChI=1S/C31H37F7N4O22/c1-6-7(2)13(32)18(48)14(44)9(6)19-23(51,52)20(42-30(61,62)28(57,58)41(8(3)43)29(59,60)31(42,63)64)24(53,54)27(55,56)40(19)21(49)39(5)22(4,50)10-15(45)11(25(33,34)35)17(47)12(16(10)46)26(36,37)38/h19-20,44-48,50-64H,1-5H3. The number of phenolic OH excluding ortho intramolecular Hbond substituents is 5. The van der Waals surface area contributed by atoms with Crippen LogP contribution in [0, 0.1) is 19.7 Å². The number of piperazine rings is 1. The van der Waals surface area contributed by atoms with Crippen molar-refractivity contribution in [2.75, 3.05) is 7.05 Å². The van der Waals surface area contributed by atoms with E-state index in [2.05, 4.69) is 0 Å². The number of alkyl halides is 6. The summed E-state index contributed by atoms with van der Waals surface area (Å²) in [6.45, 7) is 1.23. The average Bonchev–Trinajstić information content (AvgIpc) is 3.07. The molecule has 0 aromatic heterocycles. The Bertz CT molecular complexity index is 2200. The molecule has 2 fully saturated rings. The van der Waals surface area contributed by atoms with Crippen LogP contribution in [-0.4, -0.2) is 188 Å². The summed E-state index contributed by atoms with van der Waals surface area (Å²) in [5.41, 5.74) is -16.8. The van der Waals surface area contributed by atoms with Gasteiger partial charge >= 0.3 is 47.9 Å². The van der Waals surface area contributed by atoms with Crippen molar-refractivity contribution >= 4 is 11.9 Å². The van der Waals surface area contributed by atoms with Crippen LogP contribution < -0.4 is 0 Å². The van der Waals surface area contributed by atoms with Crippen LogP contribution in [0.1, 0.15) is 53.3 Å². The number of rotatable bonds is 4. The van der Waals surface area contributed by atoms with Gasteiger partial charge in [-0.1, -0.05) is 0 Å². The number of hydrogen-bond donors (Lipinski definition) is 20. The quantitative estimate of drug-likeness (QED) is 0.0772. The molecule has 0 spiro atoms. The van der Waals surface area contributed by atoms with Gasteiger partial charge in [0.25, 0.3) is 5.79 Å². The number of nitrogens with zero attached hydrogens (tertiary/aromatic N) is 4. The van der Waals surface area contributed by atoms with Crippen molar-refractivity contribution < 1.29 is 142 Å². The lowest BCUT2D eigenvalue weighted by Crippen LogP contribution is -2.96. The molecular formula is C31H37F7N4O22.